The molecule has 6 heteroatoms. The summed E-state index contributed by atoms with van der Waals surface area (Å²) in [5, 5.41) is 18.1. The fourth-order valence-corrected chi connectivity index (χ4v) is 1.32. The van der Waals surface area contributed by atoms with Crippen LogP contribution < -0.4 is 11.2 Å². The van der Waals surface area contributed by atoms with Crippen LogP contribution in [-0.2, 0) is 4.74 Å². The molecule has 17 heavy (non-hydrogen) atoms. The van der Waals surface area contributed by atoms with Crippen molar-refractivity contribution >= 4 is 24.2 Å². The number of carbonyl (C=O) groups excluding carboxylic acids is 1. The Kier molecular flexibility index (Phi) is 3.80. The second-order valence-electron chi connectivity index (χ2n) is 4.68. The number of ether oxygens (including phenoxy) is 1. The summed E-state index contributed by atoms with van der Waals surface area (Å²) in [7, 11) is -1.71. The summed E-state index contributed by atoms with van der Waals surface area (Å²) in [6.45, 7) is 5.23. The molecule has 4 N–H and O–H groups in total. The summed E-state index contributed by atoms with van der Waals surface area (Å²) in [5.41, 5.74) is 5.30. The molecule has 92 valence electrons. The molecule has 1 aromatic rings. The number of benzene rings is 1. The van der Waals surface area contributed by atoms with Crippen molar-refractivity contribution in [2.45, 2.75) is 26.4 Å². The molecule has 0 heterocycles. The number of rotatable bonds is 2. The van der Waals surface area contributed by atoms with Crippen molar-refractivity contribution < 1.29 is 19.6 Å². The predicted molar refractivity (Wildman–Crippen MR) is 65.8 cm³/mol. The first kappa shape index (κ1) is 13.5. The van der Waals surface area contributed by atoms with E-state index in [1.807, 2.05) is 0 Å². The Hall–Kier alpha value is -1.53. The molecule has 0 saturated heterocycles. The van der Waals surface area contributed by atoms with Gasteiger partial charge < -0.3 is 20.5 Å². The molecule has 0 aliphatic rings. The van der Waals surface area contributed by atoms with Crippen LogP contribution in [0.1, 0.15) is 31.1 Å². The molecule has 0 saturated carbocycles. The van der Waals surface area contributed by atoms with Crippen molar-refractivity contribution in [2.75, 3.05) is 5.73 Å². The third kappa shape index (κ3) is 3.47. The summed E-state index contributed by atoms with van der Waals surface area (Å²) in [6, 6.07) is 4.44. The summed E-state index contributed by atoms with van der Waals surface area (Å²) in [4.78, 5) is 11.8. The van der Waals surface area contributed by atoms with Gasteiger partial charge in [-0.25, -0.2) is 4.79 Å². The Morgan fingerprint density at radius 2 is 1.94 bits per heavy atom. The van der Waals surface area contributed by atoms with Crippen LogP contribution in [0.5, 0.6) is 0 Å². The third-order valence-electron chi connectivity index (χ3n) is 2.04. The van der Waals surface area contributed by atoms with Crippen LogP contribution in [0.3, 0.4) is 0 Å². The van der Waals surface area contributed by atoms with Gasteiger partial charge in [-0.1, -0.05) is 12.1 Å². The van der Waals surface area contributed by atoms with Crippen LogP contribution in [0.2, 0.25) is 0 Å². The summed E-state index contributed by atoms with van der Waals surface area (Å²) >= 11 is 0. The Morgan fingerprint density at radius 1 is 1.35 bits per heavy atom. The molecular formula is C11H16BNO4. The zero-order chi connectivity index (χ0) is 13.2. The summed E-state index contributed by atoms with van der Waals surface area (Å²) < 4.78 is 5.16. The minimum Gasteiger partial charge on any atom is -0.456 e. The lowest BCUT2D eigenvalue weighted by atomic mass is 9.78. The molecule has 0 aliphatic carbocycles. The number of hydrogen-bond donors (Lipinski definition) is 3. The molecule has 0 aliphatic heterocycles. The smallest absolute Gasteiger partial charge is 0.456 e. The quantitative estimate of drug-likeness (QED) is 0.379. The van der Waals surface area contributed by atoms with Crippen LogP contribution in [0.4, 0.5) is 5.69 Å². The second kappa shape index (κ2) is 4.77. The monoisotopic (exact) mass is 237 g/mol. The van der Waals surface area contributed by atoms with E-state index < -0.39 is 18.7 Å². The van der Waals surface area contributed by atoms with Gasteiger partial charge in [-0.05, 0) is 26.8 Å². The highest BCUT2D eigenvalue weighted by atomic mass is 16.6. The number of esters is 1. The highest BCUT2D eigenvalue weighted by molar-refractivity contribution is 6.60. The highest BCUT2D eigenvalue weighted by Gasteiger charge is 2.23. The number of hydrogen-bond acceptors (Lipinski definition) is 5. The Labute approximate surface area is 100 Å². The molecule has 0 fully saturated rings. The fraction of sp³-hybridized carbons (Fsp3) is 0.364. The van der Waals surface area contributed by atoms with Gasteiger partial charge >= 0.3 is 13.1 Å². The maximum absolute atomic E-state index is 11.8. The van der Waals surface area contributed by atoms with E-state index in [2.05, 4.69) is 0 Å². The minimum absolute atomic E-state index is 0.0248. The second-order valence-corrected chi connectivity index (χ2v) is 4.68. The normalized spacial score (nSPS) is 11.1. The van der Waals surface area contributed by atoms with Crippen molar-refractivity contribution in [3.63, 3.8) is 0 Å². The van der Waals surface area contributed by atoms with Crippen molar-refractivity contribution in [1.82, 2.24) is 0 Å². The predicted octanol–water partition coefficient (Wildman–Crippen LogP) is -0.0961. The summed E-state index contributed by atoms with van der Waals surface area (Å²) in [5.74, 6) is -0.586. The van der Waals surface area contributed by atoms with Crippen LogP contribution in [0.25, 0.3) is 0 Å². The Morgan fingerprint density at radius 3 is 2.41 bits per heavy atom. The molecule has 5 nitrogen and oxygen atoms in total. The first-order valence-electron chi connectivity index (χ1n) is 5.20. The molecule has 0 radical (unpaired) electrons. The van der Waals surface area contributed by atoms with E-state index in [9.17, 15) is 4.79 Å². The van der Waals surface area contributed by atoms with Gasteiger partial charge in [-0.15, -0.1) is 0 Å². The van der Waals surface area contributed by atoms with Crippen molar-refractivity contribution in [1.29, 1.82) is 0 Å². The molecule has 0 spiro atoms. The Balaban J connectivity index is 3.07. The minimum atomic E-state index is -1.71. The van der Waals surface area contributed by atoms with Gasteiger partial charge in [0.15, 0.2) is 0 Å². The number of nitrogens with two attached hydrogens (primary N) is 1. The summed E-state index contributed by atoms with van der Waals surface area (Å²) in [6.07, 6.45) is 0. The number of para-hydroxylation sites is 1. The Bertz CT molecular complexity index is 426. The third-order valence-corrected chi connectivity index (χ3v) is 2.04. The molecule has 0 atom stereocenters. The average molecular weight is 237 g/mol. The largest absolute Gasteiger partial charge is 0.490 e. The lowest BCUT2D eigenvalue weighted by Gasteiger charge is -2.20. The zero-order valence-corrected chi connectivity index (χ0v) is 10.1. The van der Waals surface area contributed by atoms with Gasteiger partial charge in [0.25, 0.3) is 0 Å². The van der Waals surface area contributed by atoms with E-state index in [4.69, 9.17) is 20.5 Å². The highest BCUT2D eigenvalue weighted by Crippen LogP contribution is 2.15. The van der Waals surface area contributed by atoms with Crippen LogP contribution >= 0.6 is 0 Å². The molecule has 0 aromatic heterocycles. The van der Waals surface area contributed by atoms with Gasteiger partial charge in [0.2, 0.25) is 0 Å². The van der Waals surface area contributed by atoms with E-state index in [0.29, 0.717) is 0 Å². The van der Waals surface area contributed by atoms with Gasteiger partial charge in [0, 0.05) is 11.2 Å². The van der Waals surface area contributed by atoms with Gasteiger partial charge in [0.1, 0.15) is 5.60 Å². The van der Waals surface area contributed by atoms with E-state index in [-0.39, 0.29) is 16.7 Å². The van der Waals surface area contributed by atoms with Gasteiger partial charge in [-0.3, -0.25) is 0 Å². The lowest BCUT2D eigenvalue weighted by Crippen LogP contribution is -2.34. The van der Waals surface area contributed by atoms with Gasteiger partial charge in [-0.2, -0.15) is 0 Å². The first-order valence-corrected chi connectivity index (χ1v) is 5.20. The SMILES string of the molecule is CC(C)(C)OC(=O)c1cccc(B(O)O)c1N. The zero-order valence-electron chi connectivity index (χ0n) is 10.1. The molecule has 0 unspecified atom stereocenters. The standard InChI is InChI=1S/C11H16BNO4/c1-11(2,3)17-10(14)7-5-4-6-8(9(7)13)12(15)16/h4-6,15-16H,13H2,1-3H3. The van der Waals surface area contributed by atoms with Crippen LogP contribution in [0, 0.1) is 0 Å². The number of carbonyl (C=O) groups is 1. The van der Waals surface area contributed by atoms with E-state index in [0.717, 1.165) is 0 Å². The topological polar surface area (TPSA) is 92.8 Å². The first-order chi connectivity index (χ1) is 7.72. The van der Waals surface area contributed by atoms with Crippen molar-refractivity contribution in [3.05, 3.63) is 23.8 Å². The average Bonchev–Trinajstić information content (AvgIpc) is 2.14. The van der Waals surface area contributed by atoms with Crippen molar-refractivity contribution in [2.24, 2.45) is 0 Å². The van der Waals surface area contributed by atoms with Crippen LogP contribution in [-0.4, -0.2) is 28.7 Å². The molecule has 0 amide bonds. The van der Waals surface area contributed by atoms with Crippen molar-refractivity contribution in [3.8, 4) is 0 Å². The molecule has 1 rings (SSSR count). The van der Waals surface area contributed by atoms with E-state index >= 15 is 0 Å². The number of nitrogen functional groups attached to an aromatic ring is 1. The van der Waals surface area contributed by atoms with Gasteiger partial charge in [0.05, 0.1) is 5.56 Å². The van der Waals surface area contributed by atoms with E-state index in [1.54, 1.807) is 20.8 Å². The lowest BCUT2D eigenvalue weighted by molar-refractivity contribution is 0.00709. The molecule has 0 bridgehead atoms. The van der Waals surface area contributed by atoms with Crippen LogP contribution in [0.15, 0.2) is 18.2 Å². The maximum atomic E-state index is 11.8. The number of anilines is 1. The maximum Gasteiger partial charge on any atom is 0.490 e. The molecule has 1 aromatic carbocycles. The van der Waals surface area contributed by atoms with E-state index in [1.165, 1.54) is 18.2 Å². The fourth-order valence-electron chi connectivity index (χ4n) is 1.32. The molecular weight excluding hydrogens is 221 g/mol.